The van der Waals surface area contributed by atoms with Crippen molar-refractivity contribution in [3.63, 3.8) is 0 Å². The maximum atomic E-state index is 14.5. The Balaban J connectivity index is 1.52. The topological polar surface area (TPSA) is 82.7 Å². The van der Waals surface area contributed by atoms with E-state index in [2.05, 4.69) is 25.8 Å². The predicted molar refractivity (Wildman–Crippen MR) is 103 cm³/mol. The first-order chi connectivity index (χ1) is 14.3. The smallest absolute Gasteiger partial charge is 0.308 e. The SMILES string of the molecule is O=C(Nc1cccc(C(F)(F)F)c1)Nc1ccc(-c2cncc3[nH]ncc23)cc1F. The Hall–Kier alpha value is -3.95. The Bertz CT molecular complexity index is 1240. The molecule has 4 aromatic rings. The number of H-pyrrole nitrogens is 1. The summed E-state index contributed by atoms with van der Waals surface area (Å²) in [7, 11) is 0. The van der Waals surface area contributed by atoms with Crippen LogP contribution < -0.4 is 10.6 Å². The molecule has 0 radical (unpaired) electrons. The molecule has 2 aromatic carbocycles. The average Bonchev–Trinajstić information content (AvgIpc) is 3.18. The van der Waals surface area contributed by atoms with Crippen LogP contribution in [0.15, 0.2) is 61.1 Å². The molecular formula is C20H13F4N5O. The lowest BCUT2D eigenvalue weighted by atomic mass is 10.0. The van der Waals surface area contributed by atoms with E-state index in [0.29, 0.717) is 16.6 Å². The summed E-state index contributed by atoms with van der Waals surface area (Å²) in [6, 6.07) is 7.43. The van der Waals surface area contributed by atoms with Crippen LogP contribution in [0.1, 0.15) is 5.56 Å². The highest BCUT2D eigenvalue weighted by Crippen LogP contribution is 2.31. The van der Waals surface area contributed by atoms with Gasteiger partial charge in [0.2, 0.25) is 0 Å². The van der Waals surface area contributed by atoms with E-state index in [1.165, 1.54) is 18.2 Å². The summed E-state index contributed by atoms with van der Waals surface area (Å²) >= 11 is 0. The molecule has 30 heavy (non-hydrogen) atoms. The van der Waals surface area contributed by atoms with Crippen molar-refractivity contribution in [2.75, 3.05) is 10.6 Å². The van der Waals surface area contributed by atoms with Gasteiger partial charge in [0.25, 0.3) is 0 Å². The number of amides is 2. The number of pyridine rings is 1. The van der Waals surface area contributed by atoms with Crippen molar-refractivity contribution < 1.29 is 22.4 Å². The van der Waals surface area contributed by atoms with E-state index in [1.54, 1.807) is 24.7 Å². The van der Waals surface area contributed by atoms with Crippen molar-refractivity contribution in [3.8, 4) is 11.1 Å². The molecule has 0 aliphatic carbocycles. The second kappa shape index (κ2) is 7.47. The van der Waals surface area contributed by atoms with Crippen molar-refractivity contribution in [2.45, 2.75) is 6.18 Å². The van der Waals surface area contributed by atoms with Gasteiger partial charge in [-0.1, -0.05) is 12.1 Å². The van der Waals surface area contributed by atoms with Crippen LogP contribution in [0.5, 0.6) is 0 Å². The Morgan fingerprint density at radius 3 is 2.60 bits per heavy atom. The molecule has 0 saturated carbocycles. The molecule has 0 spiro atoms. The number of carbonyl (C=O) groups is 1. The molecule has 0 saturated heterocycles. The molecule has 152 valence electrons. The van der Waals surface area contributed by atoms with Gasteiger partial charge in [0.05, 0.1) is 29.2 Å². The number of halogens is 4. The van der Waals surface area contributed by atoms with Crippen LogP contribution in [-0.4, -0.2) is 21.2 Å². The Morgan fingerprint density at radius 1 is 1.00 bits per heavy atom. The maximum absolute atomic E-state index is 14.5. The number of anilines is 2. The zero-order valence-corrected chi connectivity index (χ0v) is 15.1. The minimum absolute atomic E-state index is 0.0722. The molecule has 2 aromatic heterocycles. The molecule has 0 fully saturated rings. The zero-order chi connectivity index (χ0) is 21.3. The highest BCUT2D eigenvalue weighted by Gasteiger charge is 2.30. The molecular weight excluding hydrogens is 402 g/mol. The van der Waals surface area contributed by atoms with Crippen LogP contribution in [0, 0.1) is 5.82 Å². The Morgan fingerprint density at radius 2 is 1.83 bits per heavy atom. The van der Waals surface area contributed by atoms with Crippen molar-refractivity contribution in [1.82, 2.24) is 15.2 Å². The van der Waals surface area contributed by atoms with Crippen molar-refractivity contribution in [3.05, 3.63) is 72.4 Å². The van der Waals surface area contributed by atoms with Gasteiger partial charge in [-0.3, -0.25) is 10.1 Å². The van der Waals surface area contributed by atoms with Crippen molar-refractivity contribution in [1.29, 1.82) is 0 Å². The molecule has 10 heteroatoms. The molecule has 0 aliphatic heterocycles. The van der Waals surface area contributed by atoms with E-state index < -0.39 is 23.6 Å². The number of urea groups is 1. The number of nitrogens with zero attached hydrogens (tertiary/aromatic N) is 2. The van der Waals surface area contributed by atoms with E-state index in [0.717, 1.165) is 23.6 Å². The number of aromatic nitrogens is 3. The molecule has 3 N–H and O–H groups in total. The van der Waals surface area contributed by atoms with Gasteiger partial charge >= 0.3 is 12.2 Å². The molecule has 4 rings (SSSR count). The summed E-state index contributed by atoms with van der Waals surface area (Å²) in [6.45, 7) is 0. The minimum Gasteiger partial charge on any atom is -0.308 e. The third kappa shape index (κ3) is 3.93. The molecule has 2 heterocycles. The van der Waals surface area contributed by atoms with E-state index in [1.807, 2.05) is 0 Å². The van der Waals surface area contributed by atoms with Crippen molar-refractivity contribution in [2.24, 2.45) is 0 Å². The van der Waals surface area contributed by atoms with Crippen LogP contribution in [0.4, 0.5) is 33.7 Å². The summed E-state index contributed by atoms with van der Waals surface area (Å²) < 4.78 is 52.9. The van der Waals surface area contributed by atoms with Gasteiger partial charge in [-0.15, -0.1) is 0 Å². The van der Waals surface area contributed by atoms with Gasteiger partial charge in [-0.25, -0.2) is 9.18 Å². The van der Waals surface area contributed by atoms with Gasteiger partial charge in [-0.05, 0) is 35.9 Å². The molecule has 0 unspecified atom stereocenters. The fraction of sp³-hybridized carbons (Fsp3) is 0.0500. The number of aromatic amines is 1. The molecule has 0 atom stereocenters. The van der Waals surface area contributed by atoms with Crippen LogP contribution in [-0.2, 0) is 6.18 Å². The van der Waals surface area contributed by atoms with Gasteiger partial charge in [0.15, 0.2) is 0 Å². The predicted octanol–water partition coefficient (Wildman–Crippen LogP) is 5.43. The number of fused-ring (bicyclic) bond motifs is 1. The molecule has 2 amide bonds. The van der Waals surface area contributed by atoms with Crippen LogP contribution >= 0.6 is 0 Å². The van der Waals surface area contributed by atoms with Gasteiger partial charge in [-0.2, -0.15) is 18.3 Å². The summed E-state index contributed by atoms with van der Waals surface area (Å²) in [5, 5.41) is 12.0. The molecule has 6 nitrogen and oxygen atoms in total. The summed E-state index contributed by atoms with van der Waals surface area (Å²) in [4.78, 5) is 16.2. The summed E-state index contributed by atoms with van der Waals surface area (Å²) in [6.07, 6.45) is 0.220. The highest BCUT2D eigenvalue weighted by molar-refractivity contribution is 6.00. The van der Waals surface area contributed by atoms with Crippen LogP contribution in [0.3, 0.4) is 0 Å². The van der Waals surface area contributed by atoms with Crippen LogP contribution in [0.2, 0.25) is 0 Å². The van der Waals surface area contributed by atoms with Gasteiger partial charge in [0.1, 0.15) is 5.82 Å². The van der Waals surface area contributed by atoms with Gasteiger partial charge < -0.3 is 10.6 Å². The average molecular weight is 415 g/mol. The summed E-state index contributed by atoms with van der Waals surface area (Å²) in [5.74, 6) is -0.716. The normalized spacial score (nSPS) is 11.5. The standard InChI is InChI=1S/C20H13F4N5O/c21-16-6-11(14-8-25-10-18-15(14)9-26-29-18)4-5-17(16)28-19(30)27-13-3-1-2-12(7-13)20(22,23)24/h1-10H,(H,26,29)(H2,27,28,30). The summed E-state index contributed by atoms with van der Waals surface area (Å²) in [5.41, 5.74) is 0.761. The van der Waals surface area contributed by atoms with E-state index in [4.69, 9.17) is 0 Å². The third-order valence-electron chi connectivity index (χ3n) is 4.34. The minimum atomic E-state index is -4.54. The fourth-order valence-electron chi connectivity index (χ4n) is 2.94. The molecule has 0 aliphatic rings. The number of hydrogen-bond donors (Lipinski definition) is 3. The van der Waals surface area contributed by atoms with E-state index in [9.17, 15) is 22.4 Å². The first kappa shape index (κ1) is 19.4. The lowest BCUT2D eigenvalue weighted by molar-refractivity contribution is -0.137. The number of benzene rings is 2. The van der Waals surface area contributed by atoms with Gasteiger partial charge in [0, 0.05) is 22.8 Å². The maximum Gasteiger partial charge on any atom is 0.416 e. The lowest BCUT2D eigenvalue weighted by Crippen LogP contribution is -2.20. The van der Waals surface area contributed by atoms with Crippen molar-refractivity contribution >= 4 is 28.3 Å². The third-order valence-corrected chi connectivity index (χ3v) is 4.34. The Labute approximate surface area is 166 Å². The number of carbonyl (C=O) groups excluding carboxylic acids is 1. The number of nitrogens with one attached hydrogen (secondary N) is 3. The quantitative estimate of drug-likeness (QED) is 0.391. The largest absolute Gasteiger partial charge is 0.416 e. The number of alkyl halides is 3. The van der Waals surface area contributed by atoms with Crippen LogP contribution in [0.25, 0.3) is 22.0 Å². The van der Waals surface area contributed by atoms with E-state index in [-0.39, 0.29) is 11.4 Å². The monoisotopic (exact) mass is 415 g/mol. The first-order valence-electron chi connectivity index (χ1n) is 8.63. The number of hydrogen-bond acceptors (Lipinski definition) is 3. The second-order valence-corrected chi connectivity index (χ2v) is 6.37. The number of rotatable bonds is 3. The lowest BCUT2D eigenvalue weighted by Gasteiger charge is -2.12. The molecule has 0 bridgehead atoms. The highest BCUT2D eigenvalue weighted by atomic mass is 19.4. The first-order valence-corrected chi connectivity index (χ1v) is 8.63. The second-order valence-electron chi connectivity index (χ2n) is 6.37. The van der Waals surface area contributed by atoms with E-state index >= 15 is 0 Å². The Kier molecular flexibility index (Phi) is 4.82. The zero-order valence-electron chi connectivity index (χ0n) is 15.1. The fourth-order valence-corrected chi connectivity index (χ4v) is 2.94.